The molecule has 2 unspecified atom stereocenters. The van der Waals surface area contributed by atoms with Crippen molar-refractivity contribution in [3.05, 3.63) is 33.8 Å². The summed E-state index contributed by atoms with van der Waals surface area (Å²) in [6, 6.07) is 3.15. The highest BCUT2D eigenvalue weighted by Crippen LogP contribution is 2.38. The van der Waals surface area contributed by atoms with Crippen LogP contribution in [0.15, 0.2) is 16.6 Å². The van der Waals surface area contributed by atoms with Crippen molar-refractivity contribution in [3.63, 3.8) is 0 Å². The van der Waals surface area contributed by atoms with E-state index >= 15 is 0 Å². The molecule has 1 nitrogen and oxygen atoms in total. The van der Waals surface area contributed by atoms with E-state index in [1.54, 1.807) is 0 Å². The Morgan fingerprint density at radius 1 is 1.35 bits per heavy atom. The molecule has 1 fully saturated rings. The van der Waals surface area contributed by atoms with Gasteiger partial charge in [0.1, 0.15) is 11.6 Å². The summed E-state index contributed by atoms with van der Waals surface area (Å²) in [6.45, 7) is 2.95. The van der Waals surface area contributed by atoms with Gasteiger partial charge in [0.25, 0.3) is 0 Å². The first kappa shape index (κ1) is 13.0. The van der Waals surface area contributed by atoms with E-state index in [4.69, 9.17) is 0 Å². The van der Waals surface area contributed by atoms with Gasteiger partial charge in [-0.2, -0.15) is 0 Å². The Labute approximate surface area is 109 Å². The van der Waals surface area contributed by atoms with E-state index < -0.39 is 11.6 Å². The van der Waals surface area contributed by atoms with Crippen molar-refractivity contribution in [2.75, 3.05) is 6.54 Å². The third-order valence-corrected chi connectivity index (χ3v) is 4.03. The number of benzene rings is 1. The predicted octanol–water partition coefficient (Wildman–Crippen LogP) is 3.97. The maximum atomic E-state index is 13.9. The van der Waals surface area contributed by atoms with E-state index in [0.29, 0.717) is 10.5 Å². The molecule has 0 aliphatic heterocycles. The van der Waals surface area contributed by atoms with Gasteiger partial charge in [0.2, 0.25) is 0 Å². The van der Waals surface area contributed by atoms with Crippen molar-refractivity contribution in [1.82, 2.24) is 5.32 Å². The lowest BCUT2D eigenvalue weighted by atomic mass is 9.96. The molecular formula is C13H16BrF2N. The lowest BCUT2D eigenvalue weighted by Gasteiger charge is -2.14. The minimum absolute atomic E-state index is 0.00319. The fourth-order valence-corrected chi connectivity index (χ4v) is 2.98. The molecule has 17 heavy (non-hydrogen) atoms. The summed E-state index contributed by atoms with van der Waals surface area (Å²) in [5.41, 5.74) is 0.250. The lowest BCUT2D eigenvalue weighted by molar-refractivity contribution is 0.503. The standard InChI is InChI=1S/C13H16BrF2N/c1-2-17-9-4-3-8(7-9)12-11(15)6-5-10(14)13(12)16/h5-6,8-9,17H,2-4,7H2,1H3. The molecule has 0 spiro atoms. The second-order valence-corrected chi connectivity index (χ2v) is 5.38. The Morgan fingerprint density at radius 2 is 2.12 bits per heavy atom. The number of nitrogens with one attached hydrogen (secondary N) is 1. The largest absolute Gasteiger partial charge is 0.314 e. The fourth-order valence-electron chi connectivity index (χ4n) is 2.63. The molecule has 94 valence electrons. The van der Waals surface area contributed by atoms with E-state index in [2.05, 4.69) is 21.2 Å². The topological polar surface area (TPSA) is 12.0 Å². The highest BCUT2D eigenvalue weighted by atomic mass is 79.9. The normalized spacial score (nSPS) is 24.2. The molecule has 0 heterocycles. The summed E-state index contributed by atoms with van der Waals surface area (Å²) in [5, 5.41) is 3.34. The molecule has 0 radical (unpaired) electrons. The molecule has 1 aliphatic carbocycles. The molecule has 0 saturated heterocycles. The van der Waals surface area contributed by atoms with E-state index in [-0.39, 0.29) is 11.5 Å². The van der Waals surface area contributed by atoms with Crippen molar-refractivity contribution in [3.8, 4) is 0 Å². The van der Waals surface area contributed by atoms with Crippen molar-refractivity contribution >= 4 is 15.9 Å². The van der Waals surface area contributed by atoms with Crippen LogP contribution in [0.1, 0.15) is 37.7 Å². The molecule has 1 N–H and O–H groups in total. The van der Waals surface area contributed by atoms with Gasteiger partial charge in [0, 0.05) is 11.6 Å². The second kappa shape index (κ2) is 5.44. The molecular weight excluding hydrogens is 288 g/mol. The van der Waals surface area contributed by atoms with Gasteiger partial charge < -0.3 is 5.32 Å². The molecule has 1 saturated carbocycles. The van der Waals surface area contributed by atoms with Crippen molar-refractivity contribution in [2.45, 2.75) is 38.1 Å². The molecule has 4 heteroatoms. The number of hydrogen-bond donors (Lipinski definition) is 1. The van der Waals surface area contributed by atoms with Gasteiger partial charge in [-0.3, -0.25) is 0 Å². The lowest BCUT2D eigenvalue weighted by Crippen LogP contribution is -2.25. The first-order chi connectivity index (χ1) is 8.13. The van der Waals surface area contributed by atoms with Crippen LogP contribution in [0.3, 0.4) is 0 Å². The second-order valence-electron chi connectivity index (χ2n) is 4.52. The smallest absolute Gasteiger partial charge is 0.143 e. The third kappa shape index (κ3) is 2.68. The molecule has 1 aromatic rings. The Kier molecular flexibility index (Phi) is 4.15. The van der Waals surface area contributed by atoms with Crippen LogP contribution in [-0.2, 0) is 0 Å². The van der Waals surface area contributed by atoms with Gasteiger partial charge >= 0.3 is 0 Å². The Hall–Kier alpha value is -0.480. The Balaban J connectivity index is 2.21. The Bertz CT molecular complexity index is 409. The fraction of sp³-hybridized carbons (Fsp3) is 0.538. The molecule has 0 aromatic heterocycles. The zero-order valence-corrected chi connectivity index (χ0v) is 11.4. The first-order valence-electron chi connectivity index (χ1n) is 6.00. The SMILES string of the molecule is CCNC1CCC(c2c(F)ccc(Br)c2F)C1. The summed E-state index contributed by atoms with van der Waals surface area (Å²) in [4.78, 5) is 0. The number of hydrogen-bond acceptors (Lipinski definition) is 1. The Morgan fingerprint density at radius 3 is 2.82 bits per heavy atom. The molecule has 1 aliphatic rings. The van der Waals surface area contributed by atoms with Crippen LogP contribution in [-0.4, -0.2) is 12.6 Å². The summed E-state index contributed by atoms with van der Waals surface area (Å²) >= 11 is 3.12. The molecule has 0 amide bonds. The monoisotopic (exact) mass is 303 g/mol. The molecule has 2 rings (SSSR count). The predicted molar refractivity (Wildman–Crippen MR) is 68.1 cm³/mol. The van der Waals surface area contributed by atoms with E-state index in [0.717, 1.165) is 25.8 Å². The van der Waals surface area contributed by atoms with Crippen LogP contribution in [0.4, 0.5) is 8.78 Å². The first-order valence-corrected chi connectivity index (χ1v) is 6.79. The van der Waals surface area contributed by atoms with Crippen LogP contribution in [0, 0.1) is 11.6 Å². The zero-order valence-electron chi connectivity index (χ0n) is 9.77. The van der Waals surface area contributed by atoms with Gasteiger partial charge in [-0.15, -0.1) is 0 Å². The minimum atomic E-state index is -0.438. The van der Waals surface area contributed by atoms with E-state index in [9.17, 15) is 8.78 Å². The number of rotatable bonds is 3. The summed E-state index contributed by atoms with van der Waals surface area (Å²) in [7, 11) is 0. The van der Waals surface area contributed by atoms with Gasteiger partial charge in [0.15, 0.2) is 0 Å². The average Bonchev–Trinajstić information content (AvgIpc) is 2.73. The maximum Gasteiger partial charge on any atom is 0.143 e. The maximum absolute atomic E-state index is 13.9. The van der Waals surface area contributed by atoms with Crippen molar-refractivity contribution < 1.29 is 8.78 Å². The zero-order chi connectivity index (χ0) is 12.4. The summed E-state index contributed by atoms with van der Waals surface area (Å²) in [6.07, 6.45) is 2.66. The van der Waals surface area contributed by atoms with Gasteiger partial charge in [-0.1, -0.05) is 6.92 Å². The van der Waals surface area contributed by atoms with Gasteiger partial charge in [0.05, 0.1) is 4.47 Å². The molecule has 0 bridgehead atoms. The average molecular weight is 304 g/mol. The van der Waals surface area contributed by atoms with E-state index in [1.165, 1.54) is 12.1 Å². The summed E-state index contributed by atoms with van der Waals surface area (Å²) in [5.74, 6) is -0.864. The van der Waals surface area contributed by atoms with E-state index in [1.807, 2.05) is 6.92 Å². The van der Waals surface area contributed by atoms with Gasteiger partial charge in [-0.25, -0.2) is 8.78 Å². The third-order valence-electron chi connectivity index (χ3n) is 3.41. The molecule has 2 atom stereocenters. The van der Waals surface area contributed by atoms with Crippen LogP contribution >= 0.6 is 15.9 Å². The highest BCUT2D eigenvalue weighted by molar-refractivity contribution is 9.10. The van der Waals surface area contributed by atoms with Crippen molar-refractivity contribution in [2.24, 2.45) is 0 Å². The quantitative estimate of drug-likeness (QED) is 0.833. The van der Waals surface area contributed by atoms with Crippen LogP contribution < -0.4 is 5.32 Å². The van der Waals surface area contributed by atoms with Crippen LogP contribution in [0.2, 0.25) is 0 Å². The van der Waals surface area contributed by atoms with Crippen LogP contribution in [0.5, 0.6) is 0 Å². The highest BCUT2D eigenvalue weighted by Gasteiger charge is 2.30. The minimum Gasteiger partial charge on any atom is -0.314 e. The number of halogens is 3. The summed E-state index contributed by atoms with van der Waals surface area (Å²) < 4.78 is 28.0. The van der Waals surface area contributed by atoms with Gasteiger partial charge in [-0.05, 0) is 59.8 Å². The van der Waals surface area contributed by atoms with Crippen molar-refractivity contribution in [1.29, 1.82) is 0 Å². The van der Waals surface area contributed by atoms with Crippen LogP contribution in [0.25, 0.3) is 0 Å². The molecule has 1 aromatic carbocycles.